The third-order valence-electron chi connectivity index (χ3n) is 5.92. The minimum atomic E-state index is -4.73. The molecule has 1 N–H and O–H groups in total. The van der Waals surface area contributed by atoms with Crippen molar-refractivity contribution in [1.82, 2.24) is 5.43 Å². The third-order valence-corrected chi connectivity index (χ3v) is 7.70. The van der Waals surface area contributed by atoms with E-state index in [9.17, 15) is 36.5 Å². The largest absolute Gasteiger partial charge is 0.489 e. The number of nitro groups is 1. The summed E-state index contributed by atoms with van der Waals surface area (Å²) >= 11 is 0. The summed E-state index contributed by atoms with van der Waals surface area (Å²) in [5, 5.41) is 14.6. The van der Waals surface area contributed by atoms with E-state index in [1.165, 1.54) is 42.6 Å². The van der Waals surface area contributed by atoms with Gasteiger partial charge in [0.25, 0.3) is 21.6 Å². The topological polar surface area (TPSA) is 131 Å². The number of ether oxygens (including phenoxy) is 1. The average molecular weight is 613 g/mol. The first kappa shape index (κ1) is 30.7. The predicted molar refractivity (Wildman–Crippen MR) is 152 cm³/mol. The fraction of sp³-hybridized carbons (Fsp3) is 0.103. The van der Waals surface area contributed by atoms with E-state index in [-0.39, 0.29) is 22.9 Å². The highest BCUT2D eigenvalue weighted by molar-refractivity contribution is 7.92. The summed E-state index contributed by atoms with van der Waals surface area (Å²) in [4.78, 5) is 22.8. The first-order chi connectivity index (χ1) is 20.4. The van der Waals surface area contributed by atoms with Gasteiger partial charge in [-0.1, -0.05) is 24.3 Å². The first-order valence-corrected chi connectivity index (χ1v) is 13.9. The van der Waals surface area contributed by atoms with Gasteiger partial charge in [0.1, 0.15) is 18.9 Å². The summed E-state index contributed by atoms with van der Waals surface area (Å²) in [6, 6.07) is 23.2. The molecule has 4 aromatic carbocycles. The molecule has 0 aliphatic carbocycles. The van der Waals surface area contributed by atoms with Crippen molar-refractivity contribution in [3.63, 3.8) is 0 Å². The van der Waals surface area contributed by atoms with E-state index in [2.05, 4.69) is 10.5 Å². The number of nitro benzene ring substituents is 1. The van der Waals surface area contributed by atoms with Gasteiger partial charge >= 0.3 is 6.18 Å². The van der Waals surface area contributed by atoms with E-state index in [0.717, 1.165) is 23.8 Å². The van der Waals surface area contributed by atoms with Gasteiger partial charge in [-0.15, -0.1) is 0 Å². The van der Waals surface area contributed by atoms with Crippen LogP contribution in [0.2, 0.25) is 0 Å². The molecule has 10 nitrogen and oxygen atoms in total. The third kappa shape index (κ3) is 8.16. The van der Waals surface area contributed by atoms with E-state index in [4.69, 9.17) is 4.74 Å². The number of non-ortho nitro benzene ring substituents is 1. The minimum absolute atomic E-state index is 0.0272. The zero-order valence-electron chi connectivity index (χ0n) is 22.1. The molecule has 43 heavy (non-hydrogen) atoms. The van der Waals surface area contributed by atoms with Crippen LogP contribution in [0.1, 0.15) is 16.7 Å². The molecule has 0 radical (unpaired) electrons. The van der Waals surface area contributed by atoms with Crippen LogP contribution in [-0.4, -0.2) is 32.0 Å². The van der Waals surface area contributed by atoms with Crippen LogP contribution in [0.5, 0.6) is 5.75 Å². The van der Waals surface area contributed by atoms with Gasteiger partial charge in [0.05, 0.1) is 27.3 Å². The molecule has 14 heteroatoms. The monoisotopic (exact) mass is 612 g/mol. The molecule has 0 aliphatic heterocycles. The molecular formula is C29H23F3N4O6S. The van der Waals surface area contributed by atoms with E-state index < -0.39 is 39.1 Å². The van der Waals surface area contributed by atoms with Gasteiger partial charge in [0, 0.05) is 12.1 Å². The van der Waals surface area contributed by atoms with Crippen LogP contribution in [0.15, 0.2) is 113 Å². The molecule has 0 unspecified atom stereocenters. The number of sulfonamides is 1. The Morgan fingerprint density at radius 2 is 1.63 bits per heavy atom. The second kappa shape index (κ2) is 13.2. The molecule has 0 spiro atoms. The van der Waals surface area contributed by atoms with Crippen LogP contribution in [0.3, 0.4) is 0 Å². The first-order valence-electron chi connectivity index (χ1n) is 12.5. The standard InChI is InChI=1S/C29H23F3N4O6S/c30-29(31,32)23-5-4-6-25(17-23)35(43(40,41)27-7-2-1-3-8-27)19-28(37)34-33-18-21-11-15-26(16-12-21)42-20-22-9-13-24(14-10-22)36(38)39/h1-18H,19-20H2,(H,34,37)/b33-18+. The number of carbonyl (C=O) groups excluding carboxylic acids is 1. The Morgan fingerprint density at radius 1 is 0.953 bits per heavy atom. The number of amides is 1. The fourth-order valence-corrected chi connectivity index (χ4v) is 5.18. The highest BCUT2D eigenvalue weighted by Gasteiger charge is 2.33. The number of benzene rings is 4. The van der Waals surface area contributed by atoms with Crippen molar-refractivity contribution in [3.05, 3.63) is 130 Å². The number of alkyl halides is 3. The van der Waals surface area contributed by atoms with Crippen molar-refractivity contribution < 1.29 is 36.0 Å². The average Bonchev–Trinajstić information content (AvgIpc) is 2.99. The summed E-state index contributed by atoms with van der Waals surface area (Å²) in [6.45, 7) is -0.666. The maximum atomic E-state index is 13.3. The van der Waals surface area contributed by atoms with Gasteiger partial charge in [-0.05, 0) is 77.9 Å². The molecule has 0 bridgehead atoms. The summed E-state index contributed by atoms with van der Waals surface area (Å²) in [6.07, 6.45) is -3.44. The number of hydrogen-bond acceptors (Lipinski definition) is 7. The Balaban J connectivity index is 1.42. The van der Waals surface area contributed by atoms with Crippen LogP contribution < -0.4 is 14.5 Å². The molecule has 1 amide bonds. The van der Waals surface area contributed by atoms with Gasteiger partial charge in [-0.25, -0.2) is 13.8 Å². The van der Waals surface area contributed by atoms with Gasteiger partial charge in [-0.2, -0.15) is 18.3 Å². The molecule has 222 valence electrons. The van der Waals surface area contributed by atoms with Crippen molar-refractivity contribution >= 4 is 33.5 Å². The number of nitrogens with one attached hydrogen (secondary N) is 1. The Kier molecular flexibility index (Phi) is 9.40. The molecule has 0 saturated heterocycles. The SMILES string of the molecule is O=C(CN(c1cccc(C(F)(F)F)c1)S(=O)(=O)c1ccccc1)N/N=C/c1ccc(OCc2ccc([N+](=O)[O-])cc2)cc1. The molecular weight excluding hydrogens is 589 g/mol. The Labute approximate surface area is 244 Å². The molecule has 0 atom stereocenters. The van der Waals surface area contributed by atoms with Crippen LogP contribution in [0.4, 0.5) is 24.5 Å². The second-order valence-electron chi connectivity index (χ2n) is 8.95. The van der Waals surface area contributed by atoms with Crippen molar-refractivity contribution in [2.24, 2.45) is 5.10 Å². The van der Waals surface area contributed by atoms with E-state index >= 15 is 0 Å². The molecule has 0 fully saturated rings. The second-order valence-corrected chi connectivity index (χ2v) is 10.8. The maximum absolute atomic E-state index is 13.3. The van der Waals surface area contributed by atoms with Crippen molar-refractivity contribution in [2.45, 2.75) is 17.7 Å². The number of halogens is 3. The fourth-order valence-electron chi connectivity index (χ4n) is 3.75. The molecule has 0 aliphatic rings. The lowest BCUT2D eigenvalue weighted by molar-refractivity contribution is -0.384. The molecule has 4 aromatic rings. The summed E-state index contributed by atoms with van der Waals surface area (Å²) in [5.74, 6) is -0.390. The van der Waals surface area contributed by atoms with Crippen LogP contribution in [-0.2, 0) is 27.6 Å². The highest BCUT2D eigenvalue weighted by Crippen LogP contribution is 2.33. The Morgan fingerprint density at radius 3 is 2.26 bits per heavy atom. The lowest BCUT2D eigenvalue weighted by Crippen LogP contribution is -2.39. The van der Waals surface area contributed by atoms with Crippen LogP contribution in [0, 0.1) is 10.1 Å². The van der Waals surface area contributed by atoms with Crippen molar-refractivity contribution in [1.29, 1.82) is 0 Å². The van der Waals surface area contributed by atoms with Gasteiger partial charge in [0.2, 0.25) is 0 Å². The zero-order chi connectivity index (χ0) is 31.0. The lowest BCUT2D eigenvalue weighted by atomic mass is 10.2. The van der Waals surface area contributed by atoms with Crippen molar-refractivity contribution in [3.8, 4) is 5.75 Å². The quantitative estimate of drug-likeness (QED) is 0.135. The number of anilines is 1. The Bertz CT molecular complexity index is 1710. The van der Waals surface area contributed by atoms with Crippen LogP contribution in [0.25, 0.3) is 0 Å². The van der Waals surface area contributed by atoms with E-state index in [0.29, 0.717) is 21.7 Å². The number of hydrazone groups is 1. The van der Waals surface area contributed by atoms with Crippen molar-refractivity contribution in [2.75, 3.05) is 10.8 Å². The molecule has 0 aromatic heterocycles. The number of rotatable bonds is 11. The number of hydrogen-bond donors (Lipinski definition) is 1. The molecule has 4 rings (SSSR count). The minimum Gasteiger partial charge on any atom is -0.489 e. The highest BCUT2D eigenvalue weighted by atomic mass is 32.2. The predicted octanol–water partition coefficient (Wildman–Crippen LogP) is 5.54. The van der Waals surface area contributed by atoms with E-state index in [1.54, 1.807) is 42.5 Å². The number of nitrogens with zero attached hydrogens (tertiary/aromatic N) is 3. The van der Waals surface area contributed by atoms with Gasteiger partial charge < -0.3 is 4.74 Å². The maximum Gasteiger partial charge on any atom is 0.416 e. The van der Waals surface area contributed by atoms with Crippen LogP contribution >= 0.6 is 0 Å². The van der Waals surface area contributed by atoms with Gasteiger partial charge in [0.15, 0.2) is 0 Å². The summed E-state index contributed by atoms with van der Waals surface area (Å²) in [5.41, 5.74) is 2.03. The normalized spacial score (nSPS) is 11.7. The summed E-state index contributed by atoms with van der Waals surface area (Å²) in [7, 11) is -4.42. The smallest absolute Gasteiger partial charge is 0.416 e. The molecule has 0 saturated carbocycles. The lowest BCUT2D eigenvalue weighted by Gasteiger charge is -2.24. The summed E-state index contributed by atoms with van der Waals surface area (Å²) < 4.78 is 72.9. The Hall–Kier alpha value is -5.24. The van der Waals surface area contributed by atoms with E-state index in [1.807, 2.05) is 0 Å². The molecule has 0 heterocycles. The van der Waals surface area contributed by atoms with Gasteiger partial charge in [-0.3, -0.25) is 19.2 Å². The zero-order valence-corrected chi connectivity index (χ0v) is 23.0. The number of carbonyl (C=O) groups is 1.